The summed E-state index contributed by atoms with van der Waals surface area (Å²) in [6, 6.07) is 7.76. The summed E-state index contributed by atoms with van der Waals surface area (Å²) in [7, 11) is -0.199. The number of anilines is 2. The van der Waals surface area contributed by atoms with Gasteiger partial charge in [-0.05, 0) is 48.3 Å². The van der Waals surface area contributed by atoms with Crippen molar-refractivity contribution in [2.45, 2.75) is 78.1 Å². The molecule has 224 valence electrons. The van der Waals surface area contributed by atoms with Crippen molar-refractivity contribution in [2.75, 3.05) is 11.9 Å². The average Bonchev–Trinajstić information content (AvgIpc) is 3.56. The largest absolute Gasteiger partial charge is 0.414 e. The van der Waals surface area contributed by atoms with Crippen molar-refractivity contribution in [3.8, 4) is 11.3 Å². The number of nitrogens with zero attached hydrogens (tertiary/aromatic N) is 5. The summed E-state index contributed by atoms with van der Waals surface area (Å²) in [4.78, 5) is 27.7. The molecule has 4 rings (SSSR count). The van der Waals surface area contributed by atoms with Crippen LogP contribution in [0.25, 0.3) is 11.3 Å². The van der Waals surface area contributed by atoms with Crippen LogP contribution in [0.1, 0.15) is 73.4 Å². The summed E-state index contributed by atoms with van der Waals surface area (Å²) >= 11 is 1.44. The molecule has 3 heterocycles. The molecule has 2 N–H and O–H groups in total. The molecule has 0 aliphatic rings. The number of benzene rings is 1. The zero-order valence-electron chi connectivity index (χ0n) is 26.4. The van der Waals surface area contributed by atoms with Crippen LogP contribution in [-0.2, 0) is 16.9 Å². The number of amides is 1. The third-order valence-electron chi connectivity index (χ3n) is 7.65. The second-order valence-electron chi connectivity index (χ2n) is 13.2. The van der Waals surface area contributed by atoms with E-state index in [1.807, 2.05) is 25.4 Å². The maximum Gasteiger partial charge on any atom is 0.263 e. The number of hydrogen-bond acceptors (Lipinski definition) is 8. The molecule has 0 radical (unpaired) electrons. The number of rotatable bonds is 9. The molecule has 0 fully saturated rings. The van der Waals surface area contributed by atoms with Crippen LogP contribution in [0.2, 0.25) is 18.1 Å². The number of carbonyl (C=O) groups excluding carboxylic acids is 1. The standard InChI is InChI=1S/C31H43N7O2SSi/c1-20-15-21(24-13-14-32-29(37-24)35-22-16-34-38(8)18-22)11-12-23(20)25(19-40-42(9,10)31(5,6)7)36-27(39)26-17-33-28(41-26)30(2,3)4/h11-18,25H,19H2,1-10H3,(H,36,39)(H,32,35,37). The quantitative estimate of drug-likeness (QED) is 0.195. The van der Waals surface area contributed by atoms with Gasteiger partial charge in [-0.25, -0.2) is 15.0 Å². The summed E-state index contributed by atoms with van der Waals surface area (Å²) in [5.41, 5.74) is 4.50. The second kappa shape index (κ2) is 12.1. The van der Waals surface area contributed by atoms with Gasteiger partial charge in [0.25, 0.3) is 5.91 Å². The Balaban J connectivity index is 1.61. The molecular formula is C31H43N7O2SSi. The summed E-state index contributed by atoms with van der Waals surface area (Å²) in [5, 5.41) is 11.6. The van der Waals surface area contributed by atoms with Gasteiger partial charge in [-0.15, -0.1) is 11.3 Å². The van der Waals surface area contributed by atoms with Crippen LogP contribution in [0, 0.1) is 6.92 Å². The fourth-order valence-electron chi connectivity index (χ4n) is 4.09. The van der Waals surface area contributed by atoms with Gasteiger partial charge in [0.2, 0.25) is 5.95 Å². The fourth-order valence-corrected chi connectivity index (χ4v) is 5.99. The molecule has 9 nitrogen and oxygen atoms in total. The Kier molecular flexibility index (Phi) is 9.05. The second-order valence-corrected chi connectivity index (χ2v) is 19.1. The van der Waals surface area contributed by atoms with Gasteiger partial charge in [-0.1, -0.05) is 53.7 Å². The first-order chi connectivity index (χ1) is 19.5. The molecule has 0 saturated carbocycles. The summed E-state index contributed by atoms with van der Waals surface area (Å²) in [6.45, 7) is 19.9. The number of aryl methyl sites for hydroxylation is 2. The van der Waals surface area contributed by atoms with Gasteiger partial charge in [0, 0.05) is 30.4 Å². The van der Waals surface area contributed by atoms with E-state index in [4.69, 9.17) is 9.41 Å². The normalized spacial score (nSPS) is 13.2. The lowest BCUT2D eigenvalue weighted by Crippen LogP contribution is -2.43. The fraction of sp³-hybridized carbons (Fsp3) is 0.452. The first kappa shape index (κ1) is 31.5. The summed E-state index contributed by atoms with van der Waals surface area (Å²) in [5.74, 6) is 0.353. The van der Waals surface area contributed by atoms with E-state index >= 15 is 0 Å². The third kappa shape index (κ3) is 7.50. The highest BCUT2D eigenvalue weighted by Gasteiger charge is 2.38. The van der Waals surface area contributed by atoms with Gasteiger partial charge in [-0.3, -0.25) is 9.48 Å². The zero-order valence-corrected chi connectivity index (χ0v) is 28.2. The van der Waals surface area contributed by atoms with E-state index in [1.165, 1.54) is 11.3 Å². The van der Waals surface area contributed by atoms with Gasteiger partial charge in [0.15, 0.2) is 8.32 Å². The Bertz CT molecular complexity index is 1550. The van der Waals surface area contributed by atoms with Crippen LogP contribution in [0.3, 0.4) is 0 Å². The van der Waals surface area contributed by atoms with Crippen LogP contribution in [-0.4, -0.2) is 45.6 Å². The van der Waals surface area contributed by atoms with Crippen LogP contribution < -0.4 is 10.6 Å². The maximum atomic E-state index is 13.5. The van der Waals surface area contributed by atoms with Gasteiger partial charge >= 0.3 is 0 Å². The smallest absolute Gasteiger partial charge is 0.263 e. The molecule has 3 aromatic heterocycles. The number of nitrogens with one attached hydrogen (secondary N) is 2. The van der Waals surface area contributed by atoms with Crippen molar-refractivity contribution >= 4 is 37.2 Å². The van der Waals surface area contributed by atoms with Crippen molar-refractivity contribution in [3.63, 3.8) is 0 Å². The zero-order chi connectivity index (χ0) is 30.9. The van der Waals surface area contributed by atoms with Crippen LogP contribution in [0.5, 0.6) is 0 Å². The first-order valence-corrected chi connectivity index (χ1v) is 17.9. The molecule has 0 spiro atoms. The van der Waals surface area contributed by atoms with Crippen molar-refractivity contribution in [1.82, 2.24) is 30.0 Å². The van der Waals surface area contributed by atoms with Gasteiger partial charge in [0.1, 0.15) is 4.88 Å². The van der Waals surface area contributed by atoms with Crippen molar-refractivity contribution in [1.29, 1.82) is 0 Å². The van der Waals surface area contributed by atoms with Crippen molar-refractivity contribution in [3.05, 3.63) is 70.1 Å². The Morgan fingerprint density at radius 2 is 1.83 bits per heavy atom. The van der Waals surface area contributed by atoms with E-state index in [0.29, 0.717) is 17.4 Å². The molecular weight excluding hydrogens is 563 g/mol. The molecule has 1 unspecified atom stereocenters. The number of hydrogen-bond donors (Lipinski definition) is 2. The van der Waals surface area contributed by atoms with E-state index < -0.39 is 8.32 Å². The highest BCUT2D eigenvalue weighted by atomic mass is 32.1. The van der Waals surface area contributed by atoms with Crippen molar-refractivity contribution in [2.24, 2.45) is 7.05 Å². The molecule has 0 aliphatic heterocycles. The maximum absolute atomic E-state index is 13.5. The van der Waals surface area contributed by atoms with Crippen LogP contribution in [0.15, 0.2) is 49.1 Å². The molecule has 0 aliphatic carbocycles. The predicted molar refractivity (Wildman–Crippen MR) is 173 cm³/mol. The minimum absolute atomic E-state index is 0.0499. The molecule has 4 aromatic rings. The number of carbonyl (C=O) groups is 1. The highest BCUT2D eigenvalue weighted by molar-refractivity contribution is 7.13. The highest BCUT2D eigenvalue weighted by Crippen LogP contribution is 2.37. The van der Waals surface area contributed by atoms with Crippen LogP contribution >= 0.6 is 11.3 Å². The number of aromatic nitrogens is 5. The minimum Gasteiger partial charge on any atom is -0.414 e. The molecule has 0 bridgehead atoms. The first-order valence-electron chi connectivity index (χ1n) is 14.1. The lowest BCUT2D eigenvalue weighted by molar-refractivity contribution is 0.0922. The molecule has 0 saturated heterocycles. The Morgan fingerprint density at radius 3 is 2.43 bits per heavy atom. The summed E-state index contributed by atoms with van der Waals surface area (Å²) in [6.07, 6.45) is 7.01. The molecule has 1 amide bonds. The Hall–Kier alpha value is -3.41. The van der Waals surface area contributed by atoms with E-state index in [0.717, 1.165) is 33.1 Å². The molecule has 11 heteroatoms. The monoisotopic (exact) mass is 605 g/mol. The van der Waals surface area contributed by atoms with Gasteiger partial charge in [0.05, 0.1) is 41.4 Å². The summed E-state index contributed by atoms with van der Waals surface area (Å²) < 4.78 is 8.35. The lowest BCUT2D eigenvalue weighted by atomic mass is 9.98. The topological polar surface area (TPSA) is 107 Å². The van der Waals surface area contributed by atoms with Crippen LogP contribution in [0.4, 0.5) is 11.6 Å². The Labute approximate surface area is 254 Å². The minimum atomic E-state index is -2.06. The average molecular weight is 606 g/mol. The SMILES string of the molecule is Cc1cc(-c2ccnc(Nc3cnn(C)c3)n2)ccc1C(CO[Si](C)(C)C(C)(C)C)NC(=O)c1cnc(C(C)(C)C)s1. The van der Waals surface area contributed by atoms with E-state index in [9.17, 15) is 4.79 Å². The molecule has 42 heavy (non-hydrogen) atoms. The molecule has 1 aromatic carbocycles. The lowest BCUT2D eigenvalue weighted by Gasteiger charge is -2.37. The van der Waals surface area contributed by atoms with E-state index in [2.05, 4.69) is 99.4 Å². The van der Waals surface area contributed by atoms with Gasteiger partial charge in [-0.2, -0.15) is 5.10 Å². The van der Waals surface area contributed by atoms with Gasteiger partial charge < -0.3 is 15.1 Å². The number of thiazole rings is 1. The molecule has 1 atom stereocenters. The van der Waals surface area contributed by atoms with Crippen molar-refractivity contribution < 1.29 is 9.22 Å². The third-order valence-corrected chi connectivity index (χ3v) is 13.6. The van der Waals surface area contributed by atoms with E-state index in [-0.39, 0.29) is 22.4 Å². The Morgan fingerprint density at radius 1 is 1.10 bits per heavy atom. The van der Waals surface area contributed by atoms with E-state index in [1.54, 1.807) is 23.3 Å². The predicted octanol–water partition coefficient (Wildman–Crippen LogP) is 7.18.